The fraction of sp³-hybridized carbons (Fsp3) is 0.520. The van der Waals surface area contributed by atoms with Crippen LogP contribution in [-0.4, -0.2) is 68.2 Å². The van der Waals surface area contributed by atoms with Gasteiger partial charge in [-0.05, 0) is 68.1 Å². The molecule has 6 nitrogen and oxygen atoms in total. The first kappa shape index (κ1) is 24.1. The summed E-state index contributed by atoms with van der Waals surface area (Å²) in [5, 5.41) is 9.77. The number of hydrogen-bond acceptors (Lipinski definition) is 5. The Bertz CT molecular complexity index is 1090. The van der Waals surface area contributed by atoms with Crippen molar-refractivity contribution >= 4 is 10.0 Å². The highest BCUT2D eigenvalue weighted by atomic mass is 32.2. The second-order valence-corrected chi connectivity index (χ2v) is 11.4. The largest absolute Gasteiger partial charge is 0.487 e. The summed E-state index contributed by atoms with van der Waals surface area (Å²) < 4.78 is 48.8. The second-order valence-electron chi connectivity index (χ2n) is 9.58. The van der Waals surface area contributed by atoms with Gasteiger partial charge in [-0.25, -0.2) is 12.8 Å². The van der Waals surface area contributed by atoms with E-state index in [0.29, 0.717) is 17.7 Å². The number of ether oxygens (including phenoxy) is 1. The van der Waals surface area contributed by atoms with Crippen LogP contribution in [0.2, 0.25) is 0 Å². The van der Waals surface area contributed by atoms with E-state index in [1.54, 1.807) is 31.2 Å². The van der Waals surface area contributed by atoms with Gasteiger partial charge in [-0.3, -0.25) is 0 Å². The van der Waals surface area contributed by atoms with E-state index in [9.17, 15) is 17.9 Å². The Kier molecular flexibility index (Phi) is 7.09. The predicted molar refractivity (Wildman–Crippen MR) is 126 cm³/mol. The Morgan fingerprint density at radius 3 is 2.58 bits per heavy atom. The summed E-state index contributed by atoms with van der Waals surface area (Å²) in [4.78, 5) is 2.33. The summed E-state index contributed by atoms with van der Waals surface area (Å²) in [6.07, 6.45) is 2.27. The highest BCUT2D eigenvalue weighted by Gasteiger charge is 2.38. The van der Waals surface area contributed by atoms with Crippen molar-refractivity contribution in [2.45, 2.75) is 43.7 Å². The van der Waals surface area contributed by atoms with Crippen molar-refractivity contribution in [1.29, 1.82) is 0 Å². The lowest BCUT2D eigenvalue weighted by Crippen LogP contribution is -2.49. The average molecular weight is 477 g/mol. The molecule has 180 valence electrons. The fourth-order valence-electron chi connectivity index (χ4n) is 4.41. The molecule has 33 heavy (non-hydrogen) atoms. The number of sulfonamides is 1. The van der Waals surface area contributed by atoms with Crippen LogP contribution in [0.1, 0.15) is 26.7 Å². The molecule has 1 saturated carbocycles. The Morgan fingerprint density at radius 2 is 1.91 bits per heavy atom. The molecule has 0 bridgehead atoms. The minimum absolute atomic E-state index is 0.0738. The normalized spacial score (nSPS) is 23.9. The van der Waals surface area contributed by atoms with E-state index in [2.05, 4.69) is 11.9 Å². The topological polar surface area (TPSA) is 70.1 Å². The van der Waals surface area contributed by atoms with Crippen LogP contribution in [0.15, 0.2) is 47.4 Å². The first-order valence-electron chi connectivity index (χ1n) is 11.6. The van der Waals surface area contributed by atoms with Gasteiger partial charge in [0.2, 0.25) is 10.0 Å². The molecule has 8 heteroatoms. The number of nitrogens with zero attached hydrogens (tertiary/aromatic N) is 2. The van der Waals surface area contributed by atoms with Gasteiger partial charge in [0.15, 0.2) is 0 Å². The molecule has 3 atom stereocenters. The molecule has 2 aliphatic rings. The summed E-state index contributed by atoms with van der Waals surface area (Å²) in [7, 11) is -1.82. The van der Waals surface area contributed by atoms with Crippen molar-refractivity contribution in [3.05, 3.63) is 48.3 Å². The summed E-state index contributed by atoms with van der Waals surface area (Å²) in [6.45, 7) is 5.36. The minimum Gasteiger partial charge on any atom is -0.487 e. The Morgan fingerprint density at radius 1 is 1.18 bits per heavy atom. The van der Waals surface area contributed by atoms with E-state index in [0.717, 1.165) is 12.5 Å². The SMILES string of the molecule is C[C@@H]1CN([C@@H](C)CO)S(=O)(=O)c2ccc(-c3cccc(F)c3)cc2O[C@@H]1CN(C)CC1CC1. The van der Waals surface area contributed by atoms with E-state index in [4.69, 9.17) is 4.74 Å². The summed E-state index contributed by atoms with van der Waals surface area (Å²) in [6, 6.07) is 10.5. The second kappa shape index (κ2) is 9.70. The Labute approximate surface area is 196 Å². The highest BCUT2D eigenvalue weighted by molar-refractivity contribution is 7.89. The quantitative estimate of drug-likeness (QED) is 0.661. The molecule has 0 spiro atoms. The van der Waals surface area contributed by atoms with Gasteiger partial charge in [0.25, 0.3) is 0 Å². The number of fused-ring (bicyclic) bond motifs is 1. The van der Waals surface area contributed by atoms with Crippen LogP contribution >= 0.6 is 0 Å². The first-order chi connectivity index (χ1) is 15.7. The Balaban J connectivity index is 1.75. The first-order valence-corrected chi connectivity index (χ1v) is 13.0. The third-order valence-corrected chi connectivity index (χ3v) is 8.60. The van der Waals surface area contributed by atoms with Crippen LogP contribution in [0.3, 0.4) is 0 Å². The van der Waals surface area contributed by atoms with E-state index in [-0.39, 0.29) is 41.6 Å². The van der Waals surface area contributed by atoms with Crippen molar-refractivity contribution in [3.8, 4) is 16.9 Å². The lowest BCUT2D eigenvalue weighted by molar-refractivity contribution is 0.0741. The number of benzene rings is 2. The molecule has 0 aromatic heterocycles. The number of likely N-dealkylation sites (N-methyl/N-ethyl adjacent to an activating group) is 1. The van der Waals surface area contributed by atoms with Crippen molar-refractivity contribution in [2.24, 2.45) is 11.8 Å². The lowest BCUT2D eigenvalue weighted by atomic mass is 10.0. The van der Waals surface area contributed by atoms with Gasteiger partial charge < -0.3 is 14.7 Å². The number of aliphatic hydroxyl groups is 1. The van der Waals surface area contributed by atoms with Crippen LogP contribution in [0, 0.1) is 17.7 Å². The van der Waals surface area contributed by atoms with Gasteiger partial charge in [0.1, 0.15) is 22.6 Å². The smallest absolute Gasteiger partial charge is 0.247 e. The van der Waals surface area contributed by atoms with Gasteiger partial charge in [0.05, 0.1) is 6.61 Å². The number of rotatable bonds is 7. The molecule has 4 rings (SSSR count). The predicted octanol–water partition coefficient (Wildman–Crippen LogP) is 3.60. The third kappa shape index (κ3) is 5.40. The standard InChI is InChI=1S/C25H33FN2O4S/c1-17-13-28(18(2)16-29)33(30,31)25-10-9-21(20-5-4-6-22(26)11-20)12-23(25)32-24(17)15-27(3)14-19-7-8-19/h4-6,9-12,17-19,24,29H,7-8,13-16H2,1-3H3/t17-,18+,24-/m1/s1. The van der Waals surface area contributed by atoms with Gasteiger partial charge in [0, 0.05) is 31.6 Å². The van der Waals surface area contributed by atoms with Crippen LogP contribution in [0.25, 0.3) is 11.1 Å². The zero-order chi connectivity index (χ0) is 23.8. The van der Waals surface area contributed by atoms with Crippen LogP contribution < -0.4 is 4.74 Å². The Hall–Kier alpha value is -2.00. The third-order valence-electron chi connectivity index (χ3n) is 6.58. The van der Waals surface area contributed by atoms with Gasteiger partial charge in [-0.15, -0.1) is 0 Å². The molecule has 0 amide bonds. The molecule has 0 radical (unpaired) electrons. The number of aliphatic hydroxyl groups excluding tert-OH is 1. The van der Waals surface area contributed by atoms with E-state index in [1.807, 2.05) is 6.92 Å². The van der Waals surface area contributed by atoms with Crippen molar-refractivity contribution in [1.82, 2.24) is 9.21 Å². The molecular formula is C25H33FN2O4S. The molecule has 1 fully saturated rings. The lowest BCUT2D eigenvalue weighted by Gasteiger charge is -2.37. The summed E-state index contributed by atoms with van der Waals surface area (Å²) >= 11 is 0. The van der Waals surface area contributed by atoms with Gasteiger partial charge in [-0.1, -0.05) is 25.1 Å². The maximum atomic E-state index is 13.8. The number of hydrogen-bond donors (Lipinski definition) is 1. The fourth-order valence-corrected chi connectivity index (χ4v) is 6.24. The van der Waals surface area contributed by atoms with Crippen molar-refractivity contribution < 1.29 is 22.7 Å². The van der Waals surface area contributed by atoms with E-state index >= 15 is 0 Å². The summed E-state index contributed by atoms with van der Waals surface area (Å²) in [5.74, 6) is 0.547. The van der Waals surface area contributed by atoms with Gasteiger partial charge >= 0.3 is 0 Å². The zero-order valence-electron chi connectivity index (χ0n) is 19.4. The van der Waals surface area contributed by atoms with Crippen molar-refractivity contribution in [2.75, 3.05) is 33.3 Å². The molecule has 1 aliphatic heterocycles. The van der Waals surface area contributed by atoms with Crippen LogP contribution in [-0.2, 0) is 10.0 Å². The van der Waals surface area contributed by atoms with Gasteiger partial charge in [-0.2, -0.15) is 4.31 Å². The van der Waals surface area contributed by atoms with E-state index < -0.39 is 16.1 Å². The van der Waals surface area contributed by atoms with E-state index in [1.165, 1.54) is 35.3 Å². The average Bonchev–Trinajstić information content (AvgIpc) is 3.59. The molecule has 1 aliphatic carbocycles. The molecule has 1 N–H and O–H groups in total. The van der Waals surface area contributed by atoms with Crippen molar-refractivity contribution in [3.63, 3.8) is 0 Å². The molecule has 2 aromatic rings. The minimum atomic E-state index is -3.89. The zero-order valence-corrected chi connectivity index (χ0v) is 20.3. The number of halogens is 1. The highest BCUT2D eigenvalue weighted by Crippen LogP contribution is 2.37. The maximum absolute atomic E-state index is 13.8. The molecular weight excluding hydrogens is 443 g/mol. The molecule has 0 saturated heterocycles. The maximum Gasteiger partial charge on any atom is 0.247 e. The summed E-state index contributed by atoms with van der Waals surface area (Å²) in [5.41, 5.74) is 1.33. The monoisotopic (exact) mass is 476 g/mol. The molecule has 0 unspecified atom stereocenters. The van der Waals surface area contributed by atoms with Crippen LogP contribution in [0.4, 0.5) is 4.39 Å². The molecule has 1 heterocycles. The van der Waals surface area contributed by atoms with Crippen LogP contribution in [0.5, 0.6) is 5.75 Å². The molecule has 2 aromatic carbocycles.